The lowest BCUT2D eigenvalue weighted by atomic mass is 10.2. The average molecular weight is 429 g/mol. The van der Waals surface area contributed by atoms with Gasteiger partial charge in [0.05, 0.1) is 19.0 Å². The first-order valence-electron chi connectivity index (χ1n) is 8.92. The number of aromatic nitrogens is 2. The first-order chi connectivity index (χ1) is 14.3. The molecule has 0 unspecified atom stereocenters. The van der Waals surface area contributed by atoms with Crippen molar-refractivity contribution in [2.24, 2.45) is 0 Å². The zero-order chi connectivity index (χ0) is 21.7. The Morgan fingerprint density at radius 2 is 1.77 bits per heavy atom. The fourth-order valence-electron chi connectivity index (χ4n) is 2.68. The Hall–Kier alpha value is -3.29. The predicted molar refractivity (Wildman–Crippen MR) is 115 cm³/mol. The summed E-state index contributed by atoms with van der Waals surface area (Å²) in [6.45, 7) is 3.29. The van der Waals surface area contributed by atoms with Gasteiger partial charge < -0.3 is 15.2 Å². The molecule has 1 aromatic heterocycles. The van der Waals surface area contributed by atoms with E-state index in [2.05, 4.69) is 30.9 Å². The second-order valence-electron chi connectivity index (χ2n) is 6.72. The van der Waals surface area contributed by atoms with Gasteiger partial charge in [-0.1, -0.05) is 12.1 Å². The molecule has 8 nitrogen and oxygen atoms in total. The Morgan fingerprint density at radius 3 is 2.43 bits per heavy atom. The van der Waals surface area contributed by atoms with Crippen LogP contribution < -0.4 is 21.4 Å². The molecule has 0 radical (unpaired) electrons. The molecule has 3 rings (SSSR count). The molecule has 0 aliphatic rings. The summed E-state index contributed by atoms with van der Waals surface area (Å²) in [6, 6.07) is 13.5. The molecule has 3 aromatic rings. The van der Waals surface area contributed by atoms with Crippen LogP contribution in [0.15, 0.2) is 54.7 Å². The van der Waals surface area contributed by atoms with E-state index in [-0.39, 0.29) is 17.7 Å². The fourth-order valence-corrected chi connectivity index (χ4v) is 3.83. The van der Waals surface area contributed by atoms with E-state index in [1.54, 1.807) is 61.9 Å². The molecule has 30 heavy (non-hydrogen) atoms. The van der Waals surface area contributed by atoms with Crippen molar-refractivity contribution in [1.29, 1.82) is 0 Å². The summed E-state index contributed by atoms with van der Waals surface area (Å²) in [5.74, 6) is -0.925. The molecule has 10 heteroatoms. The number of amides is 1. The van der Waals surface area contributed by atoms with Gasteiger partial charge in [0.2, 0.25) is 5.95 Å². The summed E-state index contributed by atoms with van der Waals surface area (Å²) >= 11 is 0. The summed E-state index contributed by atoms with van der Waals surface area (Å²) < 4.78 is 26.8. The third-order valence-corrected chi connectivity index (χ3v) is 5.63. The van der Waals surface area contributed by atoms with E-state index in [1.165, 1.54) is 7.11 Å². The van der Waals surface area contributed by atoms with Gasteiger partial charge in [-0.2, -0.15) is 4.98 Å². The second kappa shape index (κ2) is 9.02. The highest BCUT2D eigenvalue weighted by molar-refractivity contribution is 7.70. The quantitative estimate of drug-likeness (QED) is 0.389. The van der Waals surface area contributed by atoms with Gasteiger partial charge in [0.25, 0.3) is 5.91 Å². The molecule has 3 N–H and O–H groups in total. The van der Waals surface area contributed by atoms with Crippen LogP contribution in [0.1, 0.15) is 10.4 Å². The number of halogens is 1. The standard InChI is InChI=1S/C20H21FN5O3P/c1-29-26-19(27)13-8-10-14(11-9-13)23-20-22-12-15(21)18(25-20)24-16-6-4-5-7-17(16)30(2,3)28/h4-12H,1-3H3,(H,26,27)(H2,22,23,24,25). The summed E-state index contributed by atoms with van der Waals surface area (Å²) in [6.07, 6.45) is 1.04. The van der Waals surface area contributed by atoms with Crippen molar-refractivity contribution in [3.05, 3.63) is 66.1 Å². The average Bonchev–Trinajstić information content (AvgIpc) is 2.71. The summed E-state index contributed by atoms with van der Waals surface area (Å²) in [5.41, 5.74) is 3.76. The van der Waals surface area contributed by atoms with Crippen molar-refractivity contribution in [2.75, 3.05) is 31.1 Å². The number of hydrogen-bond donors (Lipinski definition) is 3. The van der Waals surface area contributed by atoms with Gasteiger partial charge in [-0.25, -0.2) is 14.9 Å². The fraction of sp³-hybridized carbons (Fsp3) is 0.150. The lowest BCUT2D eigenvalue weighted by Gasteiger charge is -2.15. The van der Waals surface area contributed by atoms with Crippen LogP contribution in [0.25, 0.3) is 0 Å². The molecular formula is C20H21FN5O3P. The van der Waals surface area contributed by atoms with Crippen LogP contribution in [0.3, 0.4) is 0 Å². The van der Waals surface area contributed by atoms with E-state index in [0.717, 1.165) is 6.20 Å². The minimum Gasteiger partial charge on any atom is -0.337 e. The molecule has 1 amide bonds. The van der Waals surface area contributed by atoms with Crippen molar-refractivity contribution in [3.63, 3.8) is 0 Å². The summed E-state index contributed by atoms with van der Waals surface area (Å²) in [7, 11) is -1.23. The molecule has 0 fully saturated rings. The van der Waals surface area contributed by atoms with Gasteiger partial charge in [-0.3, -0.25) is 9.63 Å². The van der Waals surface area contributed by atoms with Crippen LogP contribution in [0, 0.1) is 5.82 Å². The number of anilines is 4. The van der Waals surface area contributed by atoms with Crippen LogP contribution in [0.2, 0.25) is 0 Å². The number of rotatable bonds is 7. The van der Waals surface area contributed by atoms with Crippen molar-refractivity contribution in [3.8, 4) is 0 Å². The van der Waals surface area contributed by atoms with Gasteiger partial charge in [-0.05, 0) is 49.7 Å². The molecule has 0 aliphatic carbocycles. The van der Waals surface area contributed by atoms with Crippen LogP contribution in [-0.4, -0.2) is 36.3 Å². The Bertz CT molecular complexity index is 1100. The van der Waals surface area contributed by atoms with E-state index in [1.807, 2.05) is 0 Å². The normalized spacial score (nSPS) is 11.1. The number of carbonyl (C=O) groups is 1. The number of carbonyl (C=O) groups excluding carboxylic acids is 1. The molecule has 0 saturated carbocycles. The Kier molecular flexibility index (Phi) is 6.44. The zero-order valence-corrected chi connectivity index (χ0v) is 17.5. The molecule has 2 aromatic carbocycles. The first-order valence-corrected chi connectivity index (χ1v) is 11.5. The lowest BCUT2D eigenvalue weighted by Crippen LogP contribution is -2.21. The van der Waals surface area contributed by atoms with Crippen molar-refractivity contribution >= 4 is 41.5 Å². The van der Waals surface area contributed by atoms with Gasteiger partial charge in [0, 0.05) is 16.6 Å². The van der Waals surface area contributed by atoms with Crippen LogP contribution in [-0.2, 0) is 9.40 Å². The maximum Gasteiger partial charge on any atom is 0.274 e. The molecule has 156 valence electrons. The molecule has 0 aliphatic heterocycles. The molecule has 0 spiro atoms. The number of nitrogens with one attached hydrogen (secondary N) is 3. The number of benzene rings is 2. The van der Waals surface area contributed by atoms with E-state index < -0.39 is 13.0 Å². The Morgan fingerprint density at radius 1 is 1.07 bits per heavy atom. The van der Waals surface area contributed by atoms with Crippen LogP contribution in [0.5, 0.6) is 0 Å². The largest absolute Gasteiger partial charge is 0.337 e. The number of hydroxylamine groups is 1. The number of nitrogens with zero attached hydrogens (tertiary/aromatic N) is 2. The van der Waals surface area contributed by atoms with Gasteiger partial charge >= 0.3 is 0 Å². The number of para-hydroxylation sites is 1. The smallest absolute Gasteiger partial charge is 0.274 e. The molecular weight excluding hydrogens is 408 g/mol. The van der Waals surface area contributed by atoms with Gasteiger partial charge in [-0.15, -0.1) is 0 Å². The molecule has 0 saturated heterocycles. The summed E-state index contributed by atoms with van der Waals surface area (Å²) in [4.78, 5) is 24.4. The first kappa shape index (κ1) is 21.4. The molecule has 0 bridgehead atoms. The van der Waals surface area contributed by atoms with E-state index in [0.29, 0.717) is 22.2 Å². The SMILES string of the molecule is CONC(=O)c1ccc(Nc2ncc(F)c(Nc3ccccc3P(C)(C)=O)n2)cc1. The minimum atomic E-state index is -2.58. The highest BCUT2D eigenvalue weighted by atomic mass is 31.2. The van der Waals surface area contributed by atoms with E-state index >= 15 is 0 Å². The lowest BCUT2D eigenvalue weighted by molar-refractivity contribution is 0.0537. The minimum absolute atomic E-state index is 0.0514. The van der Waals surface area contributed by atoms with E-state index in [9.17, 15) is 13.8 Å². The maximum atomic E-state index is 14.3. The maximum absolute atomic E-state index is 14.3. The van der Waals surface area contributed by atoms with Gasteiger partial charge in [0.15, 0.2) is 11.6 Å². The second-order valence-corrected chi connectivity index (χ2v) is 9.90. The number of hydrogen-bond acceptors (Lipinski definition) is 7. The van der Waals surface area contributed by atoms with E-state index in [4.69, 9.17) is 0 Å². The Labute approximate surface area is 173 Å². The molecule has 1 heterocycles. The highest BCUT2D eigenvalue weighted by Gasteiger charge is 2.17. The van der Waals surface area contributed by atoms with Crippen molar-refractivity contribution in [2.45, 2.75) is 0 Å². The monoisotopic (exact) mass is 429 g/mol. The summed E-state index contributed by atoms with van der Waals surface area (Å²) in [5, 5.41) is 6.46. The van der Waals surface area contributed by atoms with Gasteiger partial charge in [0.1, 0.15) is 7.14 Å². The molecule has 0 atom stereocenters. The highest BCUT2D eigenvalue weighted by Crippen LogP contribution is 2.38. The zero-order valence-electron chi connectivity index (χ0n) is 16.6. The topological polar surface area (TPSA) is 105 Å². The third kappa shape index (κ3) is 5.20. The van der Waals surface area contributed by atoms with Crippen LogP contribution in [0.4, 0.5) is 27.5 Å². The van der Waals surface area contributed by atoms with Crippen LogP contribution >= 0.6 is 7.14 Å². The van der Waals surface area contributed by atoms with Crippen molar-refractivity contribution < 1.29 is 18.6 Å². The van der Waals surface area contributed by atoms with Crippen molar-refractivity contribution in [1.82, 2.24) is 15.4 Å². The predicted octanol–water partition coefficient (Wildman–Crippen LogP) is 3.64. The third-order valence-electron chi connectivity index (χ3n) is 4.08. The Balaban J connectivity index is 1.81.